The van der Waals surface area contributed by atoms with Crippen molar-refractivity contribution in [3.8, 4) is 0 Å². The van der Waals surface area contributed by atoms with E-state index in [1.54, 1.807) is 6.92 Å². The Kier molecular flexibility index (Phi) is 5.11. The molecule has 1 heterocycles. The van der Waals surface area contributed by atoms with E-state index < -0.39 is 12.1 Å². The smallest absolute Gasteiger partial charge is 0.407 e. The maximum absolute atomic E-state index is 12.2. The first-order valence-electron chi connectivity index (χ1n) is 7.08. The largest absolute Gasteiger partial charge is 0.450 e. The maximum atomic E-state index is 12.2. The van der Waals surface area contributed by atoms with Crippen molar-refractivity contribution < 1.29 is 14.3 Å². The van der Waals surface area contributed by atoms with E-state index in [1.807, 2.05) is 13.8 Å². The zero-order valence-corrected chi connectivity index (χ0v) is 13.2. The van der Waals surface area contributed by atoms with E-state index in [0.717, 1.165) is 17.8 Å². The molecule has 21 heavy (non-hydrogen) atoms. The maximum Gasteiger partial charge on any atom is 0.407 e. The van der Waals surface area contributed by atoms with E-state index in [9.17, 15) is 9.59 Å². The van der Waals surface area contributed by atoms with Crippen molar-refractivity contribution in [1.82, 2.24) is 15.5 Å². The van der Waals surface area contributed by atoms with Gasteiger partial charge >= 0.3 is 6.09 Å². The molecule has 1 aromatic heterocycles. The van der Waals surface area contributed by atoms with E-state index >= 15 is 0 Å². The lowest BCUT2D eigenvalue weighted by Crippen LogP contribution is -2.47. The van der Waals surface area contributed by atoms with Gasteiger partial charge in [-0.05, 0) is 25.7 Å². The van der Waals surface area contributed by atoms with Crippen LogP contribution in [0.3, 0.4) is 0 Å². The van der Waals surface area contributed by atoms with Crippen LogP contribution in [0.5, 0.6) is 0 Å². The topological polar surface area (TPSA) is 93.2 Å². The number of rotatable bonds is 6. The molecule has 2 rings (SSSR count). The Labute approximate surface area is 127 Å². The average Bonchev–Trinajstić information content (AvgIpc) is 3.17. The van der Waals surface area contributed by atoms with Crippen molar-refractivity contribution in [2.75, 3.05) is 11.9 Å². The highest BCUT2D eigenvalue weighted by Crippen LogP contribution is 2.42. The van der Waals surface area contributed by atoms with Crippen molar-refractivity contribution in [1.29, 1.82) is 0 Å². The molecule has 0 saturated heterocycles. The summed E-state index contributed by atoms with van der Waals surface area (Å²) in [5, 5.41) is 14.7. The predicted octanol–water partition coefficient (Wildman–Crippen LogP) is 2.12. The van der Waals surface area contributed by atoms with Gasteiger partial charge in [0.2, 0.25) is 11.0 Å². The first-order valence-corrected chi connectivity index (χ1v) is 7.90. The number of nitrogens with zero attached hydrogens (tertiary/aromatic N) is 2. The van der Waals surface area contributed by atoms with Gasteiger partial charge < -0.3 is 10.1 Å². The fourth-order valence-corrected chi connectivity index (χ4v) is 2.71. The molecule has 1 fully saturated rings. The van der Waals surface area contributed by atoms with Crippen LogP contribution < -0.4 is 10.6 Å². The molecular weight excluding hydrogens is 292 g/mol. The fraction of sp³-hybridized carbons (Fsp3) is 0.692. The Morgan fingerprint density at radius 1 is 1.38 bits per heavy atom. The third kappa shape index (κ3) is 4.38. The monoisotopic (exact) mass is 312 g/mol. The Bertz CT molecular complexity index is 513. The van der Waals surface area contributed by atoms with Crippen LogP contribution in [0.1, 0.15) is 44.5 Å². The quantitative estimate of drug-likeness (QED) is 0.839. The normalized spacial score (nSPS) is 15.6. The second-order valence-electron chi connectivity index (χ2n) is 5.30. The average molecular weight is 312 g/mol. The van der Waals surface area contributed by atoms with Crippen molar-refractivity contribution >= 4 is 28.5 Å². The lowest BCUT2D eigenvalue weighted by atomic mass is 10.0. The zero-order valence-electron chi connectivity index (χ0n) is 12.4. The summed E-state index contributed by atoms with van der Waals surface area (Å²) < 4.78 is 4.81. The Balaban J connectivity index is 1.95. The Hall–Kier alpha value is -1.70. The van der Waals surface area contributed by atoms with Gasteiger partial charge in [-0.1, -0.05) is 25.2 Å². The number of carbonyl (C=O) groups excluding carboxylic acids is 2. The van der Waals surface area contributed by atoms with Gasteiger partial charge in [0.05, 0.1) is 6.61 Å². The van der Waals surface area contributed by atoms with Crippen LogP contribution in [0.15, 0.2) is 0 Å². The van der Waals surface area contributed by atoms with Crippen molar-refractivity contribution in [2.45, 2.75) is 45.6 Å². The minimum absolute atomic E-state index is 0.0646. The van der Waals surface area contributed by atoms with Crippen LogP contribution in [0.25, 0.3) is 0 Å². The molecule has 116 valence electrons. The van der Waals surface area contributed by atoms with Gasteiger partial charge in [-0.25, -0.2) is 4.79 Å². The highest BCUT2D eigenvalue weighted by Gasteiger charge is 2.29. The van der Waals surface area contributed by atoms with E-state index in [2.05, 4.69) is 20.8 Å². The van der Waals surface area contributed by atoms with E-state index in [4.69, 9.17) is 4.74 Å². The highest BCUT2D eigenvalue weighted by molar-refractivity contribution is 7.15. The van der Waals surface area contributed by atoms with E-state index in [1.165, 1.54) is 11.3 Å². The van der Waals surface area contributed by atoms with Crippen molar-refractivity contribution in [3.63, 3.8) is 0 Å². The molecule has 0 bridgehead atoms. The van der Waals surface area contributed by atoms with Gasteiger partial charge in [-0.15, -0.1) is 10.2 Å². The molecule has 0 unspecified atom stereocenters. The summed E-state index contributed by atoms with van der Waals surface area (Å²) in [6.45, 7) is 5.68. The van der Waals surface area contributed by atoms with Gasteiger partial charge in [0.15, 0.2) is 0 Å². The molecular formula is C13H20N4O3S. The molecule has 7 nitrogen and oxygen atoms in total. The van der Waals surface area contributed by atoms with Gasteiger partial charge in [0.25, 0.3) is 0 Å². The molecule has 0 radical (unpaired) electrons. The summed E-state index contributed by atoms with van der Waals surface area (Å²) in [7, 11) is 0. The van der Waals surface area contributed by atoms with Crippen LogP contribution in [0.4, 0.5) is 9.93 Å². The molecule has 1 aromatic rings. The van der Waals surface area contributed by atoms with E-state index in [0.29, 0.717) is 11.0 Å². The highest BCUT2D eigenvalue weighted by atomic mass is 32.1. The zero-order chi connectivity index (χ0) is 15.4. The number of hydrogen-bond donors (Lipinski definition) is 2. The van der Waals surface area contributed by atoms with Gasteiger partial charge in [-0.2, -0.15) is 0 Å². The molecule has 1 atom stereocenters. The number of alkyl carbamates (subject to hydrolysis) is 1. The number of ether oxygens (including phenoxy) is 1. The molecule has 0 spiro atoms. The number of aromatic nitrogens is 2. The molecule has 0 aliphatic heterocycles. The lowest BCUT2D eigenvalue weighted by Gasteiger charge is -2.20. The molecule has 1 aliphatic rings. The van der Waals surface area contributed by atoms with Gasteiger partial charge in [-0.3, -0.25) is 10.1 Å². The number of carbonyl (C=O) groups is 2. The number of amides is 2. The summed E-state index contributed by atoms with van der Waals surface area (Å²) in [5.41, 5.74) is 0. The van der Waals surface area contributed by atoms with Crippen LogP contribution in [0.2, 0.25) is 0 Å². The molecule has 1 aliphatic carbocycles. The summed E-state index contributed by atoms with van der Waals surface area (Å²) in [6, 6.07) is -0.669. The predicted molar refractivity (Wildman–Crippen MR) is 79.3 cm³/mol. The molecule has 1 saturated carbocycles. The summed E-state index contributed by atoms with van der Waals surface area (Å²) >= 11 is 1.39. The van der Waals surface area contributed by atoms with Crippen LogP contribution in [0, 0.1) is 5.92 Å². The summed E-state index contributed by atoms with van der Waals surface area (Å²) in [6.07, 6.45) is 1.69. The SMILES string of the molecule is CCOC(=O)N[C@H](C(=O)Nc1nnc(C2CC2)s1)C(C)C. The van der Waals surface area contributed by atoms with Crippen molar-refractivity contribution in [3.05, 3.63) is 5.01 Å². The number of anilines is 1. The second-order valence-corrected chi connectivity index (χ2v) is 6.30. The third-order valence-electron chi connectivity index (χ3n) is 3.10. The van der Waals surface area contributed by atoms with Crippen molar-refractivity contribution in [2.24, 2.45) is 5.92 Å². The van der Waals surface area contributed by atoms with Gasteiger partial charge in [0.1, 0.15) is 11.0 Å². The minimum Gasteiger partial charge on any atom is -0.450 e. The molecule has 2 amide bonds. The third-order valence-corrected chi connectivity index (χ3v) is 4.10. The van der Waals surface area contributed by atoms with Crippen LogP contribution in [-0.4, -0.2) is 34.8 Å². The lowest BCUT2D eigenvalue weighted by molar-refractivity contribution is -0.119. The second kappa shape index (κ2) is 6.84. The fourth-order valence-electron chi connectivity index (χ4n) is 1.80. The number of nitrogens with one attached hydrogen (secondary N) is 2. The van der Waals surface area contributed by atoms with Gasteiger partial charge in [0, 0.05) is 5.92 Å². The first kappa shape index (κ1) is 15.7. The molecule has 0 aromatic carbocycles. The van der Waals surface area contributed by atoms with E-state index in [-0.39, 0.29) is 18.4 Å². The van der Waals surface area contributed by atoms with Crippen LogP contribution in [-0.2, 0) is 9.53 Å². The Morgan fingerprint density at radius 2 is 2.10 bits per heavy atom. The summed E-state index contributed by atoms with van der Waals surface area (Å²) in [5.74, 6) is 0.133. The molecule has 2 N–H and O–H groups in total. The van der Waals surface area contributed by atoms with Crippen LogP contribution >= 0.6 is 11.3 Å². The standard InChI is InChI=1S/C13H20N4O3S/c1-4-20-13(19)14-9(7(2)3)10(18)15-12-17-16-11(21-12)8-5-6-8/h7-9H,4-6H2,1-3H3,(H,14,19)(H,15,17,18)/t9-/m0/s1. The Morgan fingerprint density at radius 3 is 2.67 bits per heavy atom. The minimum atomic E-state index is -0.669. The summed E-state index contributed by atoms with van der Waals surface area (Å²) in [4.78, 5) is 23.7. The molecule has 8 heteroatoms. The first-order chi connectivity index (χ1) is 10.0. The number of hydrogen-bond acceptors (Lipinski definition) is 6.